The zero-order valence-electron chi connectivity index (χ0n) is 12.6. The van der Waals surface area contributed by atoms with Crippen LogP contribution < -0.4 is 0 Å². The van der Waals surface area contributed by atoms with Gasteiger partial charge in [-0.1, -0.05) is 0 Å². The number of nitrogens with zero attached hydrogens (tertiary/aromatic N) is 1. The fourth-order valence-corrected chi connectivity index (χ4v) is 2.40. The number of aromatic carboxylic acids is 1. The number of carbonyl (C=O) groups excluding carboxylic acids is 1. The monoisotopic (exact) mass is 295 g/mol. The third kappa shape index (κ3) is 4.07. The van der Waals surface area contributed by atoms with E-state index in [4.69, 9.17) is 14.3 Å². The van der Waals surface area contributed by atoms with Crippen LogP contribution in [0.5, 0.6) is 0 Å². The van der Waals surface area contributed by atoms with Crippen molar-refractivity contribution in [3.63, 3.8) is 0 Å². The van der Waals surface area contributed by atoms with Gasteiger partial charge in [0.25, 0.3) is 5.91 Å². The van der Waals surface area contributed by atoms with Gasteiger partial charge >= 0.3 is 5.97 Å². The number of amides is 1. The van der Waals surface area contributed by atoms with Crippen LogP contribution in [0.1, 0.15) is 54.7 Å². The van der Waals surface area contributed by atoms with Gasteiger partial charge in [0.1, 0.15) is 0 Å². The Hall–Kier alpha value is -1.82. The maximum atomic E-state index is 12.2. The summed E-state index contributed by atoms with van der Waals surface area (Å²) in [6.45, 7) is 7.22. The summed E-state index contributed by atoms with van der Waals surface area (Å²) in [5.74, 6) is -1.59. The molecule has 1 aromatic rings. The minimum atomic E-state index is -1.17. The van der Waals surface area contributed by atoms with Gasteiger partial charge in [0.15, 0.2) is 5.76 Å². The van der Waals surface area contributed by atoms with Crippen LogP contribution in [-0.2, 0) is 4.74 Å². The Morgan fingerprint density at radius 3 is 2.29 bits per heavy atom. The van der Waals surface area contributed by atoms with Crippen molar-refractivity contribution in [1.29, 1.82) is 0 Å². The summed E-state index contributed by atoms with van der Waals surface area (Å²) in [7, 11) is 0. The van der Waals surface area contributed by atoms with Crippen molar-refractivity contribution in [2.24, 2.45) is 0 Å². The molecular weight excluding hydrogens is 274 g/mol. The van der Waals surface area contributed by atoms with Crippen molar-refractivity contribution in [2.75, 3.05) is 13.1 Å². The first-order valence-corrected chi connectivity index (χ1v) is 7.06. The van der Waals surface area contributed by atoms with E-state index < -0.39 is 5.97 Å². The van der Waals surface area contributed by atoms with Crippen LogP contribution in [-0.4, -0.2) is 46.7 Å². The predicted octanol–water partition coefficient (Wildman–Crippen LogP) is 2.40. The van der Waals surface area contributed by atoms with Crippen molar-refractivity contribution in [1.82, 2.24) is 4.90 Å². The highest BCUT2D eigenvalue weighted by molar-refractivity contribution is 5.93. The van der Waals surface area contributed by atoms with Crippen LogP contribution in [0.4, 0.5) is 0 Å². The molecule has 1 aliphatic rings. The molecule has 0 radical (unpaired) electrons. The number of hydrogen-bond donors (Lipinski definition) is 1. The summed E-state index contributed by atoms with van der Waals surface area (Å²) in [4.78, 5) is 24.7. The van der Waals surface area contributed by atoms with Crippen molar-refractivity contribution >= 4 is 11.9 Å². The number of piperidine rings is 1. The molecule has 1 N–H and O–H groups in total. The van der Waals surface area contributed by atoms with Gasteiger partial charge in [0.2, 0.25) is 5.76 Å². The molecule has 2 heterocycles. The molecule has 1 aliphatic heterocycles. The highest BCUT2D eigenvalue weighted by Crippen LogP contribution is 2.21. The Labute approximate surface area is 123 Å². The van der Waals surface area contributed by atoms with Crippen LogP contribution in [0.25, 0.3) is 0 Å². The normalized spacial score (nSPS) is 17.0. The number of carboxylic acid groups (broad SMARTS) is 1. The standard InChI is InChI=1S/C15H21NO5/c1-15(2,3)21-10-6-8-16(9-7-10)13(17)11-4-5-12(20-11)14(18)19/h4-5,10H,6-9H2,1-3H3,(H,18,19). The lowest BCUT2D eigenvalue weighted by Crippen LogP contribution is -2.42. The molecule has 1 saturated heterocycles. The minimum absolute atomic E-state index is 0.0718. The quantitative estimate of drug-likeness (QED) is 0.926. The largest absolute Gasteiger partial charge is 0.475 e. The van der Waals surface area contributed by atoms with Crippen molar-refractivity contribution in [2.45, 2.75) is 45.3 Å². The molecule has 116 valence electrons. The maximum Gasteiger partial charge on any atom is 0.371 e. The van der Waals surface area contributed by atoms with Gasteiger partial charge in [-0.05, 0) is 45.7 Å². The average molecular weight is 295 g/mol. The summed E-state index contributed by atoms with van der Waals surface area (Å²) in [5.41, 5.74) is -0.186. The van der Waals surface area contributed by atoms with Crippen LogP contribution in [0.2, 0.25) is 0 Å². The smallest absolute Gasteiger partial charge is 0.371 e. The number of rotatable bonds is 3. The highest BCUT2D eigenvalue weighted by Gasteiger charge is 2.28. The molecule has 0 aliphatic carbocycles. The van der Waals surface area contributed by atoms with Gasteiger partial charge in [-0.25, -0.2) is 4.79 Å². The SMILES string of the molecule is CC(C)(C)OC1CCN(C(=O)c2ccc(C(=O)O)o2)CC1. The predicted molar refractivity (Wildman–Crippen MR) is 75.4 cm³/mol. The lowest BCUT2D eigenvalue weighted by molar-refractivity contribution is -0.0792. The van der Waals surface area contributed by atoms with Gasteiger partial charge in [0.05, 0.1) is 11.7 Å². The summed E-state index contributed by atoms with van der Waals surface area (Å²) >= 11 is 0. The van der Waals surface area contributed by atoms with Crippen LogP contribution in [0.15, 0.2) is 16.5 Å². The van der Waals surface area contributed by atoms with Gasteiger partial charge in [0, 0.05) is 13.1 Å². The first kappa shape index (κ1) is 15.6. The summed E-state index contributed by atoms with van der Waals surface area (Å²) < 4.78 is 11.0. The second-order valence-electron chi connectivity index (χ2n) is 6.19. The van der Waals surface area contributed by atoms with Crippen molar-refractivity contribution in [3.8, 4) is 0 Å². The van der Waals surface area contributed by atoms with Crippen LogP contribution >= 0.6 is 0 Å². The molecule has 0 bridgehead atoms. The number of carbonyl (C=O) groups is 2. The van der Waals surface area contributed by atoms with Gasteiger partial charge in [-0.3, -0.25) is 4.79 Å². The van der Waals surface area contributed by atoms with E-state index in [0.29, 0.717) is 13.1 Å². The molecular formula is C15H21NO5. The molecule has 0 unspecified atom stereocenters. The van der Waals surface area contributed by atoms with Crippen molar-refractivity contribution < 1.29 is 23.8 Å². The van der Waals surface area contributed by atoms with E-state index in [0.717, 1.165) is 12.8 Å². The molecule has 6 heteroatoms. The second kappa shape index (κ2) is 5.89. The first-order chi connectivity index (χ1) is 9.76. The maximum absolute atomic E-state index is 12.2. The summed E-state index contributed by atoms with van der Waals surface area (Å²) in [5, 5.41) is 8.80. The Bertz CT molecular complexity index is 520. The highest BCUT2D eigenvalue weighted by atomic mass is 16.5. The van der Waals surface area contributed by atoms with Crippen LogP contribution in [0, 0.1) is 0 Å². The number of ether oxygens (including phenoxy) is 1. The minimum Gasteiger partial charge on any atom is -0.475 e. The second-order valence-corrected chi connectivity index (χ2v) is 6.19. The molecule has 2 rings (SSSR count). The van der Waals surface area contributed by atoms with E-state index in [1.165, 1.54) is 12.1 Å². The van der Waals surface area contributed by atoms with Gasteiger partial charge < -0.3 is 19.2 Å². The third-order valence-electron chi connectivity index (χ3n) is 3.28. The summed E-state index contributed by atoms with van der Waals surface area (Å²) in [6.07, 6.45) is 1.70. The first-order valence-electron chi connectivity index (χ1n) is 7.06. The number of carboxylic acids is 1. The molecule has 21 heavy (non-hydrogen) atoms. The Morgan fingerprint density at radius 1 is 1.24 bits per heavy atom. The van der Waals surface area contributed by atoms with E-state index >= 15 is 0 Å². The van der Waals surface area contributed by atoms with Gasteiger partial charge in [-0.2, -0.15) is 0 Å². The zero-order valence-corrected chi connectivity index (χ0v) is 12.6. The molecule has 1 aromatic heterocycles. The van der Waals surface area contributed by atoms with E-state index in [1.807, 2.05) is 20.8 Å². The Kier molecular flexibility index (Phi) is 4.37. The average Bonchev–Trinajstić information content (AvgIpc) is 2.86. The third-order valence-corrected chi connectivity index (χ3v) is 3.28. The van der Waals surface area contributed by atoms with Crippen LogP contribution in [0.3, 0.4) is 0 Å². The molecule has 0 saturated carbocycles. The fraction of sp³-hybridized carbons (Fsp3) is 0.600. The number of likely N-dealkylation sites (tertiary alicyclic amines) is 1. The van der Waals surface area contributed by atoms with Gasteiger partial charge in [-0.15, -0.1) is 0 Å². The molecule has 0 atom stereocenters. The molecule has 0 aromatic carbocycles. The molecule has 1 amide bonds. The molecule has 1 fully saturated rings. The molecule has 0 spiro atoms. The lowest BCUT2D eigenvalue weighted by atomic mass is 10.1. The van der Waals surface area contributed by atoms with E-state index in [-0.39, 0.29) is 29.1 Å². The topological polar surface area (TPSA) is 80.0 Å². The van der Waals surface area contributed by atoms with E-state index in [1.54, 1.807) is 4.90 Å². The lowest BCUT2D eigenvalue weighted by Gasteiger charge is -2.35. The number of hydrogen-bond acceptors (Lipinski definition) is 4. The van der Waals surface area contributed by atoms with E-state index in [9.17, 15) is 9.59 Å². The van der Waals surface area contributed by atoms with E-state index in [2.05, 4.69) is 0 Å². The zero-order chi connectivity index (χ0) is 15.6. The number of furan rings is 1. The Morgan fingerprint density at radius 2 is 1.81 bits per heavy atom. The van der Waals surface area contributed by atoms with Crippen molar-refractivity contribution in [3.05, 3.63) is 23.7 Å². The molecule has 6 nitrogen and oxygen atoms in total. The summed E-state index contributed by atoms with van der Waals surface area (Å²) in [6, 6.07) is 2.70. The fourth-order valence-electron chi connectivity index (χ4n) is 2.40. The Balaban J connectivity index is 1.92.